The van der Waals surface area contributed by atoms with Crippen LogP contribution in [0.4, 0.5) is 4.39 Å². The quantitative estimate of drug-likeness (QED) is 0.531. The van der Waals surface area contributed by atoms with Crippen LogP contribution in [0, 0.1) is 5.82 Å². The smallest absolute Gasteiger partial charge is 0.264 e. The maximum Gasteiger partial charge on any atom is 0.264 e. The van der Waals surface area contributed by atoms with E-state index < -0.39 is 0 Å². The molecule has 1 fully saturated rings. The van der Waals surface area contributed by atoms with Crippen LogP contribution in [0.5, 0.6) is 5.75 Å². The van der Waals surface area contributed by atoms with Crippen LogP contribution in [0.2, 0.25) is 5.02 Å². The van der Waals surface area contributed by atoms with E-state index in [9.17, 15) is 9.18 Å². The average molecular weight is 445 g/mol. The highest BCUT2D eigenvalue weighted by Crippen LogP contribution is 2.21. The zero-order chi connectivity index (χ0) is 20.9. The van der Waals surface area contributed by atoms with E-state index in [1.807, 2.05) is 40.6 Å². The van der Waals surface area contributed by atoms with Gasteiger partial charge in [0, 0.05) is 43.3 Å². The Morgan fingerprint density at radius 1 is 1.00 bits per heavy atom. The van der Waals surface area contributed by atoms with Gasteiger partial charge in [0.25, 0.3) is 5.91 Å². The highest BCUT2D eigenvalue weighted by atomic mass is 35.5. The van der Waals surface area contributed by atoms with Gasteiger partial charge >= 0.3 is 0 Å². The van der Waals surface area contributed by atoms with Crippen molar-refractivity contribution in [2.24, 2.45) is 0 Å². The van der Waals surface area contributed by atoms with Gasteiger partial charge in [-0.15, -0.1) is 11.3 Å². The summed E-state index contributed by atoms with van der Waals surface area (Å²) in [4.78, 5) is 17.8. The third-order valence-electron chi connectivity index (χ3n) is 5.06. The molecule has 0 saturated carbocycles. The molecule has 1 aliphatic rings. The summed E-state index contributed by atoms with van der Waals surface area (Å²) in [5.74, 6) is 0.595. The zero-order valence-electron chi connectivity index (χ0n) is 16.4. The molecule has 4 rings (SSSR count). The first-order valence-electron chi connectivity index (χ1n) is 9.79. The van der Waals surface area contributed by atoms with E-state index in [1.54, 1.807) is 12.1 Å². The number of ether oxygens (including phenoxy) is 1. The van der Waals surface area contributed by atoms with E-state index in [1.165, 1.54) is 23.5 Å². The fourth-order valence-corrected chi connectivity index (χ4v) is 4.36. The van der Waals surface area contributed by atoms with Crippen molar-refractivity contribution >= 4 is 28.8 Å². The molecule has 2 heterocycles. The molecule has 0 bridgehead atoms. The van der Waals surface area contributed by atoms with Gasteiger partial charge < -0.3 is 9.64 Å². The van der Waals surface area contributed by atoms with E-state index in [2.05, 4.69) is 4.90 Å². The summed E-state index contributed by atoms with van der Waals surface area (Å²) >= 11 is 7.34. The van der Waals surface area contributed by atoms with Crippen molar-refractivity contribution in [3.8, 4) is 5.75 Å². The second-order valence-corrected chi connectivity index (χ2v) is 8.60. The van der Waals surface area contributed by atoms with Gasteiger partial charge in [-0.3, -0.25) is 9.69 Å². The van der Waals surface area contributed by atoms with Gasteiger partial charge in [-0.25, -0.2) is 4.39 Å². The topological polar surface area (TPSA) is 32.8 Å². The molecule has 2 aromatic carbocycles. The summed E-state index contributed by atoms with van der Waals surface area (Å²) in [6.07, 6.45) is 0. The molecule has 4 nitrogen and oxygen atoms in total. The van der Waals surface area contributed by atoms with Crippen molar-refractivity contribution in [1.29, 1.82) is 0 Å². The highest BCUT2D eigenvalue weighted by molar-refractivity contribution is 7.12. The van der Waals surface area contributed by atoms with Crippen LogP contribution < -0.4 is 4.74 Å². The number of hydrogen-bond donors (Lipinski definition) is 0. The number of halogens is 2. The van der Waals surface area contributed by atoms with Crippen LogP contribution in [0.15, 0.2) is 60.0 Å². The molecular formula is C23H22ClFN2O2S. The summed E-state index contributed by atoms with van der Waals surface area (Å²) in [6.45, 7) is 4.18. The number of nitrogens with zero attached hydrogens (tertiary/aromatic N) is 2. The van der Waals surface area contributed by atoms with E-state index in [0.29, 0.717) is 24.7 Å². The lowest BCUT2D eigenvalue weighted by Gasteiger charge is -2.34. The van der Waals surface area contributed by atoms with Gasteiger partial charge in [0.1, 0.15) is 18.2 Å². The molecule has 0 spiro atoms. The fraction of sp³-hybridized carbons (Fsp3) is 0.261. The first-order valence-corrected chi connectivity index (χ1v) is 11.0. The number of amides is 1. The standard InChI is InChI=1S/C23H22ClFN2O2S/c24-19-3-7-21(8-4-19)29-15-18-13-22(30-16-18)23(28)27-11-9-26(10-12-27)14-17-1-5-20(25)6-2-17/h1-8,13,16H,9-12,14-15H2. The molecule has 1 amide bonds. The number of rotatable bonds is 6. The predicted molar refractivity (Wildman–Crippen MR) is 118 cm³/mol. The second kappa shape index (κ2) is 9.60. The lowest BCUT2D eigenvalue weighted by molar-refractivity contribution is 0.0633. The molecule has 0 aliphatic carbocycles. The van der Waals surface area contributed by atoms with Gasteiger partial charge in [0.05, 0.1) is 4.88 Å². The number of carbonyl (C=O) groups excluding carboxylic acids is 1. The van der Waals surface area contributed by atoms with Crippen molar-refractivity contribution in [2.75, 3.05) is 26.2 Å². The van der Waals surface area contributed by atoms with Crippen molar-refractivity contribution in [3.05, 3.63) is 86.8 Å². The number of carbonyl (C=O) groups is 1. The first-order chi connectivity index (χ1) is 14.6. The molecule has 1 aromatic heterocycles. The minimum atomic E-state index is -0.219. The van der Waals surface area contributed by atoms with E-state index in [0.717, 1.165) is 41.4 Å². The summed E-state index contributed by atoms with van der Waals surface area (Å²) in [6, 6.07) is 15.7. The van der Waals surface area contributed by atoms with E-state index in [-0.39, 0.29) is 11.7 Å². The lowest BCUT2D eigenvalue weighted by atomic mass is 10.2. The largest absolute Gasteiger partial charge is 0.489 e. The molecule has 156 valence electrons. The average Bonchev–Trinajstić information content (AvgIpc) is 3.24. The van der Waals surface area contributed by atoms with Gasteiger partial charge in [-0.1, -0.05) is 23.7 Å². The monoisotopic (exact) mass is 444 g/mol. The normalized spacial score (nSPS) is 14.7. The van der Waals surface area contributed by atoms with Crippen molar-refractivity contribution in [1.82, 2.24) is 9.80 Å². The lowest BCUT2D eigenvalue weighted by Crippen LogP contribution is -2.48. The molecule has 0 atom stereocenters. The third kappa shape index (κ3) is 5.39. The van der Waals surface area contributed by atoms with Gasteiger partial charge in [-0.2, -0.15) is 0 Å². The molecule has 7 heteroatoms. The van der Waals surface area contributed by atoms with Crippen molar-refractivity contribution in [3.63, 3.8) is 0 Å². The first kappa shape index (κ1) is 20.8. The zero-order valence-corrected chi connectivity index (χ0v) is 18.0. The van der Waals surface area contributed by atoms with Crippen LogP contribution >= 0.6 is 22.9 Å². The minimum Gasteiger partial charge on any atom is -0.489 e. The number of hydrogen-bond acceptors (Lipinski definition) is 4. The SMILES string of the molecule is O=C(c1cc(COc2ccc(Cl)cc2)cs1)N1CCN(Cc2ccc(F)cc2)CC1. The van der Waals surface area contributed by atoms with Gasteiger partial charge in [-0.05, 0) is 53.4 Å². The summed E-state index contributed by atoms with van der Waals surface area (Å²) in [5.41, 5.74) is 2.06. The molecule has 1 aliphatic heterocycles. The maximum absolute atomic E-state index is 13.0. The van der Waals surface area contributed by atoms with Crippen LogP contribution in [0.25, 0.3) is 0 Å². The fourth-order valence-electron chi connectivity index (χ4n) is 3.37. The Balaban J connectivity index is 1.27. The molecular weight excluding hydrogens is 423 g/mol. The second-order valence-electron chi connectivity index (χ2n) is 7.26. The summed E-state index contributed by atoms with van der Waals surface area (Å²) in [5, 5.41) is 2.64. The van der Waals surface area contributed by atoms with Gasteiger partial charge in [0.15, 0.2) is 0 Å². The minimum absolute atomic E-state index is 0.0687. The Kier molecular flexibility index (Phi) is 6.67. The Labute approximate surface area is 184 Å². The Bertz CT molecular complexity index is 983. The highest BCUT2D eigenvalue weighted by Gasteiger charge is 2.23. The number of benzene rings is 2. The number of piperazine rings is 1. The summed E-state index contributed by atoms with van der Waals surface area (Å²) in [7, 11) is 0. The van der Waals surface area contributed by atoms with Crippen molar-refractivity contribution in [2.45, 2.75) is 13.2 Å². The maximum atomic E-state index is 13.0. The summed E-state index contributed by atoms with van der Waals surface area (Å²) < 4.78 is 18.8. The predicted octanol–water partition coefficient (Wildman–Crippen LogP) is 5.08. The van der Waals surface area contributed by atoms with E-state index >= 15 is 0 Å². The molecule has 0 unspecified atom stereocenters. The van der Waals surface area contributed by atoms with Crippen LogP contribution in [-0.2, 0) is 13.2 Å². The molecule has 0 N–H and O–H groups in total. The van der Waals surface area contributed by atoms with Crippen LogP contribution in [0.3, 0.4) is 0 Å². The molecule has 1 saturated heterocycles. The van der Waals surface area contributed by atoms with Crippen molar-refractivity contribution < 1.29 is 13.9 Å². The molecule has 30 heavy (non-hydrogen) atoms. The van der Waals surface area contributed by atoms with Crippen LogP contribution in [-0.4, -0.2) is 41.9 Å². The molecule has 0 radical (unpaired) electrons. The Morgan fingerprint density at radius 3 is 2.40 bits per heavy atom. The third-order valence-corrected chi connectivity index (χ3v) is 6.28. The number of thiophene rings is 1. The van der Waals surface area contributed by atoms with Gasteiger partial charge in [0.2, 0.25) is 0 Å². The Hall–Kier alpha value is -2.41. The van der Waals surface area contributed by atoms with E-state index in [4.69, 9.17) is 16.3 Å². The molecule has 3 aromatic rings. The van der Waals surface area contributed by atoms with Crippen LogP contribution in [0.1, 0.15) is 20.8 Å². The Morgan fingerprint density at radius 2 is 1.70 bits per heavy atom.